The molecule has 0 heterocycles. The predicted octanol–water partition coefficient (Wildman–Crippen LogP) is -0.881. The SMILES string of the molecule is C#CC[NH2+][C@@H](C(=O)NC(N)=O)c1ccccc1. The van der Waals surface area contributed by atoms with Crippen molar-refractivity contribution in [1.29, 1.82) is 0 Å². The summed E-state index contributed by atoms with van der Waals surface area (Å²) in [5, 5.41) is 3.71. The summed E-state index contributed by atoms with van der Waals surface area (Å²) in [4.78, 5) is 22.4. The van der Waals surface area contributed by atoms with Crippen LogP contribution in [0.5, 0.6) is 0 Å². The van der Waals surface area contributed by atoms with E-state index in [1.54, 1.807) is 17.4 Å². The second-order valence-corrected chi connectivity index (χ2v) is 3.39. The van der Waals surface area contributed by atoms with E-state index in [-0.39, 0.29) is 0 Å². The lowest BCUT2D eigenvalue weighted by Crippen LogP contribution is -2.87. The van der Waals surface area contributed by atoms with E-state index in [2.05, 4.69) is 11.2 Å². The van der Waals surface area contributed by atoms with E-state index < -0.39 is 18.0 Å². The van der Waals surface area contributed by atoms with Crippen molar-refractivity contribution in [2.24, 2.45) is 5.73 Å². The van der Waals surface area contributed by atoms with Crippen LogP contribution in [0.25, 0.3) is 0 Å². The Morgan fingerprint density at radius 3 is 2.59 bits per heavy atom. The molecule has 0 aromatic heterocycles. The zero-order valence-corrected chi connectivity index (χ0v) is 9.22. The van der Waals surface area contributed by atoms with Crippen molar-refractivity contribution in [2.45, 2.75) is 6.04 Å². The van der Waals surface area contributed by atoms with E-state index in [1.165, 1.54) is 0 Å². The summed E-state index contributed by atoms with van der Waals surface area (Å²) in [6.07, 6.45) is 5.15. The highest BCUT2D eigenvalue weighted by Crippen LogP contribution is 2.07. The monoisotopic (exact) mass is 232 g/mol. The van der Waals surface area contributed by atoms with Gasteiger partial charge in [0.05, 0.1) is 0 Å². The van der Waals surface area contributed by atoms with Crippen molar-refractivity contribution >= 4 is 11.9 Å². The Bertz CT molecular complexity index is 437. The molecule has 0 fully saturated rings. The van der Waals surface area contributed by atoms with Crippen molar-refractivity contribution in [3.05, 3.63) is 35.9 Å². The second-order valence-electron chi connectivity index (χ2n) is 3.39. The van der Waals surface area contributed by atoms with Crippen molar-refractivity contribution in [3.63, 3.8) is 0 Å². The molecule has 5 heteroatoms. The summed E-state index contributed by atoms with van der Waals surface area (Å²) >= 11 is 0. The molecule has 0 unspecified atom stereocenters. The third kappa shape index (κ3) is 3.97. The molecule has 88 valence electrons. The highest BCUT2D eigenvalue weighted by atomic mass is 16.2. The Morgan fingerprint density at radius 2 is 2.06 bits per heavy atom. The topological polar surface area (TPSA) is 88.8 Å². The van der Waals surface area contributed by atoms with Crippen LogP contribution in [0.1, 0.15) is 11.6 Å². The molecule has 0 saturated carbocycles. The van der Waals surface area contributed by atoms with Gasteiger partial charge in [-0.3, -0.25) is 10.1 Å². The number of primary amides is 1. The Hall–Kier alpha value is -2.32. The largest absolute Gasteiger partial charge is 0.351 e. The molecule has 1 aromatic carbocycles. The highest BCUT2D eigenvalue weighted by molar-refractivity contribution is 5.96. The number of benzene rings is 1. The Kier molecular flexibility index (Phi) is 4.73. The van der Waals surface area contributed by atoms with Crippen molar-refractivity contribution in [3.8, 4) is 12.3 Å². The standard InChI is InChI=1S/C12H13N3O2/c1-2-8-14-10(11(16)15-12(13)17)9-6-4-3-5-7-9/h1,3-7,10,14H,8H2,(H3,13,15,16,17)/p+1/t10-/m1/s1. The van der Waals surface area contributed by atoms with Crippen LogP contribution in [0.15, 0.2) is 30.3 Å². The van der Waals surface area contributed by atoms with Gasteiger partial charge in [0.15, 0.2) is 6.04 Å². The summed E-state index contributed by atoms with van der Waals surface area (Å²) in [5.41, 5.74) is 5.68. The molecule has 0 radical (unpaired) electrons. The molecule has 0 spiro atoms. The Morgan fingerprint density at radius 1 is 1.41 bits per heavy atom. The summed E-state index contributed by atoms with van der Waals surface area (Å²) < 4.78 is 0. The lowest BCUT2D eigenvalue weighted by Gasteiger charge is -2.13. The Labute approximate surface area is 99.4 Å². The minimum atomic E-state index is -0.870. The van der Waals surface area contributed by atoms with Crippen molar-refractivity contribution < 1.29 is 14.9 Å². The van der Waals surface area contributed by atoms with Gasteiger partial charge in [0.25, 0.3) is 5.91 Å². The zero-order valence-electron chi connectivity index (χ0n) is 9.22. The fourth-order valence-electron chi connectivity index (χ4n) is 1.44. The van der Waals surface area contributed by atoms with Crippen LogP contribution < -0.4 is 16.4 Å². The number of nitrogens with one attached hydrogen (secondary N) is 1. The van der Waals surface area contributed by atoms with Gasteiger partial charge in [-0.05, 0) is 5.92 Å². The molecule has 0 aliphatic heterocycles. The van der Waals surface area contributed by atoms with E-state index in [1.807, 2.05) is 18.2 Å². The number of amides is 3. The first-order chi connectivity index (χ1) is 8.15. The smallest absolute Gasteiger partial charge is 0.319 e. The number of imide groups is 1. The van der Waals surface area contributed by atoms with Crippen molar-refractivity contribution in [2.75, 3.05) is 6.54 Å². The minimum Gasteiger partial charge on any atom is -0.351 e. The first-order valence-electron chi connectivity index (χ1n) is 5.07. The van der Waals surface area contributed by atoms with Gasteiger partial charge in [-0.1, -0.05) is 30.3 Å². The molecular weight excluding hydrogens is 218 g/mol. The minimum absolute atomic E-state index is 0.339. The van der Waals surface area contributed by atoms with Gasteiger partial charge in [-0.15, -0.1) is 6.42 Å². The number of terminal acetylenes is 1. The summed E-state index contributed by atoms with van der Waals surface area (Å²) in [5.74, 6) is 1.95. The maximum Gasteiger partial charge on any atom is 0.319 e. The molecule has 1 atom stereocenters. The third-order valence-corrected chi connectivity index (χ3v) is 2.16. The molecular formula is C12H14N3O2+. The molecule has 5 N–H and O–H groups in total. The number of rotatable bonds is 4. The van der Waals surface area contributed by atoms with Crippen LogP contribution in [-0.4, -0.2) is 18.5 Å². The van der Waals surface area contributed by atoms with E-state index in [0.29, 0.717) is 6.54 Å². The molecule has 0 aliphatic rings. The normalized spacial score (nSPS) is 11.2. The molecule has 5 nitrogen and oxygen atoms in total. The number of hydrogen-bond acceptors (Lipinski definition) is 2. The average Bonchev–Trinajstić information content (AvgIpc) is 2.30. The molecule has 1 rings (SSSR count). The van der Waals surface area contributed by atoms with Crippen LogP contribution in [0.3, 0.4) is 0 Å². The maximum atomic E-state index is 11.7. The molecule has 0 aliphatic carbocycles. The summed E-state index contributed by atoms with van der Waals surface area (Å²) in [6.45, 7) is 0.339. The van der Waals surface area contributed by atoms with E-state index in [9.17, 15) is 9.59 Å². The Balaban J connectivity index is 2.84. The highest BCUT2D eigenvalue weighted by Gasteiger charge is 2.24. The number of hydrogen-bond donors (Lipinski definition) is 3. The molecule has 3 amide bonds. The van der Waals surface area contributed by atoms with Gasteiger partial charge in [0, 0.05) is 5.56 Å². The maximum absolute atomic E-state index is 11.7. The van der Waals surface area contributed by atoms with Gasteiger partial charge in [-0.2, -0.15) is 0 Å². The first-order valence-corrected chi connectivity index (χ1v) is 5.07. The van der Waals surface area contributed by atoms with Gasteiger partial charge < -0.3 is 11.1 Å². The predicted molar refractivity (Wildman–Crippen MR) is 62.5 cm³/mol. The fourth-order valence-corrected chi connectivity index (χ4v) is 1.44. The van der Waals surface area contributed by atoms with E-state index >= 15 is 0 Å². The molecule has 0 bridgehead atoms. The van der Waals surface area contributed by atoms with Crippen LogP contribution in [0.4, 0.5) is 4.79 Å². The number of quaternary nitrogens is 1. The summed E-state index contributed by atoms with van der Waals surface area (Å²) in [6, 6.07) is 7.60. The lowest BCUT2D eigenvalue weighted by atomic mass is 10.1. The van der Waals surface area contributed by atoms with Gasteiger partial charge in [0.2, 0.25) is 0 Å². The molecule has 17 heavy (non-hydrogen) atoms. The van der Waals surface area contributed by atoms with E-state index in [4.69, 9.17) is 12.2 Å². The average molecular weight is 232 g/mol. The van der Waals surface area contributed by atoms with Gasteiger partial charge in [-0.25, -0.2) is 4.79 Å². The second kappa shape index (κ2) is 6.30. The van der Waals surface area contributed by atoms with Crippen LogP contribution in [-0.2, 0) is 4.79 Å². The quantitative estimate of drug-likeness (QED) is 0.588. The van der Waals surface area contributed by atoms with Crippen molar-refractivity contribution in [1.82, 2.24) is 5.32 Å². The first kappa shape index (κ1) is 12.7. The summed E-state index contributed by atoms with van der Waals surface area (Å²) in [7, 11) is 0. The fraction of sp³-hybridized carbons (Fsp3) is 0.167. The van der Waals surface area contributed by atoms with E-state index in [0.717, 1.165) is 5.56 Å². The number of carbonyl (C=O) groups is 2. The van der Waals surface area contributed by atoms with Crippen LogP contribution >= 0.6 is 0 Å². The van der Waals surface area contributed by atoms with Crippen LogP contribution in [0, 0.1) is 12.3 Å². The van der Waals surface area contributed by atoms with Gasteiger partial charge in [0.1, 0.15) is 6.54 Å². The molecule has 0 saturated heterocycles. The third-order valence-electron chi connectivity index (χ3n) is 2.16. The number of urea groups is 1. The number of carbonyl (C=O) groups excluding carboxylic acids is 2. The van der Waals surface area contributed by atoms with Crippen LogP contribution in [0.2, 0.25) is 0 Å². The lowest BCUT2D eigenvalue weighted by molar-refractivity contribution is -0.672. The van der Waals surface area contributed by atoms with Gasteiger partial charge >= 0.3 is 6.03 Å². The zero-order chi connectivity index (χ0) is 12.7. The number of nitrogens with two attached hydrogens (primary N) is 2. The molecule has 1 aromatic rings.